The van der Waals surface area contributed by atoms with Crippen LogP contribution in [-0.4, -0.2) is 23.0 Å². The van der Waals surface area contributed by atoms with Gasteiger partial charge in [-0.15, -0.1) is 0 Å². The van der Waals surface area contributed by atoms with E-state index in [-0.39, 0.29) is 5.91 Å². The molecular weight excluding hydrogens is 364 g/mol. The van der Waals surface area contributed by atoms with Gasteiger partial charge < -0.3 is 15.4 Å². The summed E-state index contributed by atoms with van der Waals surface area (Å²) < 4.78 is 5.19. The van der Waals surface area contributed by atoms with Crippen LogP contribution in [0.4, 0.5) is 11.5 Å². The van der Waals surface area contributed by atoms with Crippen molar-refractivity contribution >= 4 is 28.2 Å². The summed E-state index contributed by atoms with van der Waals surface area (Å²) in [7, 11) is 1.63. The molecule has 0 aliphatic heterocycles. The van der Waals surface area contributed by atoms with Crippen LogP contribution >= 0.6 is 0 Å². The van der Waals surface area contributed by atoms with Crippen molar-refractivity contribution in [3.8, 4) is 5.75 Å². The van der Waals surface area contributed by atoms with E-state index < -0.39 is 0 Å². The first-order valence-corrected chi connectivity index (χ1v) is 9.21. The Labute approximate surface area is 168 Å². The van der Waals surface area contributed by atoms with Gasteiger partial charge in [-0.3, -0.25) is 9.78 Å². The van der Waals surface area contributed by atoms with Gasteiger partial charge in [-0.2, -0.15) is 0 Å². The number of hydrogen-bond acceptors (Lipinski definition) is 5. The average Bonchev–Trinajstić information content (AvgIpc) is 2.79. The molecule has 0 radical (unpaired) electrons. The molecule has 4 aromatic rings. The van der Waals surface area contributed by atoms with Crippen molar-refractivity contribution in [2.45, 2.75) is 6.54 Å². The van der Waals surface area contributed by atoms with Crippen LogP contribution < -0.4 is 15.4 Å². The van der Waals surface area contributed by atoms with Crippen LogP contribution in [0.3, 0.4) is 0 Å². The molecule has 4 rings (SSSR count). The summed E-state index contributed by atoms with van der Waals surface area (Å²) in [5, 5.41) is 7.93. The van der Waals surface area contributed by atoms with Crippen LogP contribution in [0, 0.1) is 0 Å². The molecule has 2 N–H and O–H groups in total. The van der Waals surface area contributed by atoms with Crippen molar-refractivity contribution < 1.29 is 9.53 Å². The van der Waals surface area contributed by atoms with E-state index in [0.29, 0.717) is 17.9 Å². The largest absolute Gasteiger partial charge is 0.497 e. The van der Waals surface area contributed by atoms with Gasteiger partial charge in [0.2, 0.25) is 0 Å². The van der Waals surface area contributed by atoms with E-state index in [4.69, 9.17) is 4.74 Å². The molecule has 0 fully saturated rings. The fourth-order valence-electron chi connectivity index (χ4n) is 3.05. The fourth-order valence-corrected chi connectivity index (χ4v) is 3.05. The minimum absolute atomic E-state index is 0.185. The highest BCUT2D eigenvalue weighted by molar-refractivity contribution is 6.09. The standard InChI is InChI=1S/C23H20N4O2/c1-29-18-11-9-16(10-12-18)27-22-20-8-3-2-7-19(20)21(15-25-22)23(28)26-14-17-6-4-5-13-24-17/h2-13,15H,14H2,1H3,(H,25,27)(H,26,28). The Bertz CT molecular complexity index is 1130. The molecule has 2 aromatic heterocycles. The number of pyridine rings is 2. The maximum absolute atomic E-state index is 12.8. The summed E-state index contributed by atoms with van der Waals surface area (Å²) in [6, 6.07) is 20.9. The van der Waals surface area contributed by atoms with Gasteiger partial charge in [0, 0.05) is 23.5 Å². The first kappa shape index (κ1) is 18.4. The molecule has 6 nitrogen and oxygen atoms in total. The highest BCUT2D eigenvalue weighted by Gasteiger charge is 2.14. The molecular formula is C23H20N4O2. The predicted octanol–water partition coefficient (Wildman–Crippen LogP) is 4.31. The Hall–Kier alpha value is -3.93. The zero-order valence-corrected chi connectivity index (χ0v) is 15.9. The number of benzene rings is 2. The molecule has 0 saturated carbocycles. The van der Waals surface area contributed by atoms with Gasteiger partial charge in [-0.25, -0.2) is 4.98 Å². The number of fused-ring (bicyclic) bond motifs is 1. The summed E-state index contributed by atoms with van der Waals surface area (Å²) in [6.45, 7) is 0.361. The molecule has 0 aliphatic carbocycles. The molecule has 2 aromatic carbocycles. The van der Waals surface area contributed by atoms with Crippen LogP contribution in [-0.2, 0) is 6.54 Å². The van der Waals surface area contributed by atoms with Crippen molar-refractivity contribution in [2.75, 3.05) is 12.4 Å². The van der Waals surface area contributed by atoms with Gasteiger partial charge in [-0.1, -0.05) is 30.3 Å². The highest BCUT2D eigenvalue weighted by Crippen LogP contribution is 2.27. The van der Waals surface area contributed by atoms with Crippen molar-refractivity contribution in [2.24, 2.45) is 0 Å². The second-order valence-corrected chi connectivity index (χ2v) is 6.42. The van der Waals surface area contributed by atoms with Crippen LogP contribution in [0.1, 0.15) is 16.1 Å². The summed E-state index contributed by atoms with van der Waals surface area (Å²) in [5.41, 5.74) is 2.21. The third-order valence-electron chi connectivity index (χ3n) is 4.55. The van der Waals surface area contributed by atoms with Crippen molar-refractivity contribution in [1.82, 2.24) is 15.3 Å². The molecule has 0 saturated heterocycles. The predicted molar refractivity (Wildman–Crippen MR) is 113 cm³/mol. The number of nitrogens with one attached hydrogen (secondary N) is 2. The second-order valence-electron chi connectivity index (χ2n) is 6.42. The van der Waals surface area contributed by atoms with Gasteiger partial charge in [0.15, 0.2) is 0 Å². The van der Waals surface area contributed by atoms with Crippen molar-refractivity contribution in [1.29, 1.82) is 0 Å². The molecule has 0 atom stereocenters. The van der Waals surface area contributed by atoms with Crippen LogP contribution in [0.15, 0.2) is 79.1 Å². The normalized spacial score (nSPS) is 10.5. The maximum atomic E-state index is 12.8. The van der Waals surface area contributed by atoms with Gasteiger partial charge in [0.25, 0.3) is 5.91 Å². The number of nitrogens with zero attached hydrogens (tertiary/aromatic N) is 2. The topological polar surface area (TPSA) is 76.1 Å². The monoisotopic (exact) mass is 384 g/mol. The number of anilines is 2. The minimum Gasteiger partial charge on any atom is -0.497 e. The first-order valence-electron chi connectivity index (χ1n) is 9.21. The summed E-state index contributed by atoms with van der Waals surface area (Å²) >= 11 is 0. The van der Waals surface area contributed by atoms with Crippen LogP contribution in [0.2, 0.25) is 0 Å². The number of methoxy groups -OCH3 is 1. The minimum atomic E-state index is -0.185. The number of amides is 1. The van der Waals surface area contributed by atoms with Gasteiger partial charge in [-0.05, 0) is 41.8 Å². The Balaban J connectivity index is 1.59. The quantitative estimate of drug-likeness (QED) is 0.518. The molecule has 0 bridgehead atoms. The van der Waals surface area contributed by atoms with Crippen molar-refractivity contribution in [3.05, 3.63) is 90.4 Å². The van der Waals surface area contributed by atoms with E-state index in [1.165, 1.54) is 0 Å². The Morgan fingerprint density at radius 3 is 2.41 bits per heavy atom. The SMILES string of the molecule is COc1ccc(Nc2ncc(C(=O)NCc3ccccn3)c3ccccc23)cc1. The number of hydrogen-bond donors (Lipinski definition) is 2. The van der Waals surface area contributed by atoms with E-state index in [1.807, 2.05) is 66.7 Å². The Morgan fingerprint density at radius 1 is 0.931 bits per heavy atom. The van der Waals surface area contributed by atoms with Gasteiger partial charge in [0.1, 0.15) is 11.6 Å². The van der Waals surface area contributed by atoms with E-state index >= 15 is 0 Å². The third-order valence-corrected chi connectivity index (χ3v) is 4.55. The highest BCUT2D eigenvalue weighted by atomic mass is 16.5. The zero-order valence-electron chi connectivity index (χ0n) is 15.9. The lowest BCUT2D eigenvalue weighted by Gasteiger charge is -2.12. The molecule has 2 heterocycles. The van der Waals surface area contributed by atoms with Gasteiger partial charge in [0.05, 0.1) is 24.9 Å². The van der Waals surface area contributed by atoms with Crippen molar-refractivity contribution in [3.63, 3.8) is 0 Å². The fraction of sp³-hybridized carbons (Fsp3) is 0.0870. The molecule has 144 valence electrons. The molecule has 6 heteroatoms. The summed E-state index contributed by atoms with van der Waals surface area (Å²) in [6.07, 6.45) is 3.31. The lowest BCUT2D eigenvalue weighted by molar-refractivity contribution is 0.0952. The molecule has 0 aliphatic rings. The summed E-state index contributed by atoms with van der Waals surface area (Å²) in [4.78, 5) is 21.5. The maximum Gasteiger partial charge on any atom is 0.253 e. The number of carbonyl (C=O) groups is 1. The Kier molecular flexibility index (Phi) is 5.33. The second kappa shape index (κ2) is 8.39. The zero-order chi connectivity index (χ0) is 20.1. The Morgan fingerprint density at radius 2 is 1.69 bits per heavy atom. The summed E-state index contributed by atoms with van der Waals surface area (Å²) in [5.74, 6) is 1.29. The smallest absolute Gasteiger partial charge is 0.253 e. The molecule has 0 unspecified atom stereocenters. The number of aromatic nitrogens is 2. The van der Waals surface area contributed by atoms with Crippen LogP contribution in [0.25, 0.3) is 10.8 Å². The number of carbonyl (C=O) groups excluding carboxylic acids is 1. The van der Waals surface area contributed by atoms with Gasteiger partial charge >= 0.3 is 0 Å². The van der Waals surface area contributed by atoms with E-state index in [9.17, 15) is 4.79 Å². The number of ether oxygens (including phenoxy) is 1. The average molecular weight is 384 g/mol. The van der Waals surface area contributed by atoms with E-state index in [0.717, 1.165) is 27.9 Å². The van der Waals surface area contributed by atoms with E-state index in [2.05, 4.69) is 20.6 Å². The first-order chi connectivity index (χ1) is 14.2. The van der Waals surface area contributed by atoms with Crippen LogP contribution in [0.5, 0.6) is 5.75 Å². The lowest BCUT2D eigenvalue weighted by Crippen LogP contribution is -2.23. The third kappa shape index (κ3) is 4.16. The molecule has 1 amide bonds. The lowest BCUT2D eigenvalue weighted by atomic mass is 10.1. The number of rotatable bonds is 6. The van der Waals surface area contributed by atoms with E-state index in [1.54, 1.807) is 19.5 Å². The molecule has 29 heavy (non-hydrogen) atoms. The molecule has 0 spiro atoms.